The van der Waals surface area contributed by atoms with Crippen LogP contribution in [0.3, 0.4) is 0 Å². The minimum atomic E-state index is -3.79. The van der Waals surface area contributed by atoms with Gasteiger partial charge in [0.2, 0.25) is 10.0 Å². The molecule has 0 heterocycles. The van der Waals surface area contributed by atoms with E-state index in [0.717, 1.165) is 0 Å². The average Bonchev–Trinajstić information content (AvgIpc) is 2.52. The summed E-state index contributed by atoms with van der Waals surface area (Å²) < 4.78 is 32.7. The number of carbonyl (C=O) groups excluding carboxylic acids is 1. The quantitative estimate of drug-likeness (QED) is 0.740. The molecule has 1 aromatic carbocycles. The Hall–Kier alpha value is -1.44. The van der Waals surface area contributed by atoms with Gasteiger partial charge in [0, 0.05) is 12.1 Å². The van der Waals surface area contributed by atoms with Crippen molar-refractivity contribution in [1.29, 1.82) is 0 Å². The number of hydrogen-bond donors (Lipinski definition) is 2. The van der Waals surface area contributed by atoms with E-state index < -0.39 is 21.5 Å². The van der Waals surface area contributed by atoms with E-state index in [2.05, 4.69) is 9.46 Å². The molecule has 22 heavy (non-hydrogen) atoms. The normalized spacial score (nSPS) is 12.2. The number of rotatable bonds is 7. The zero-order valence-corrected chi connectivity index (χ0v) is 14.3. The van der Waals surface area contributed by atoms with Crippen LogP contribution in [0.5, 0.6) is 0 Å². The number of carbonyl (C=O) groups is 1. The second kappa shape index (κ2) is 7.21. The van der Waals surface area contributed by atoms with Gasteiger partial charge in [-0.2, -0.15) is 0 Å². The molecule has 0 atom stereocenters. The molecule has 0 aliphatic carbocycles. The number of benzene rings is 1. The zero-order chi connectivity index (χ0) is 17.0. The number of methoxy groups -OCH3 is 1. The lowest BCUT2D eigenvalue weighted by Gasteiger charge is -2.31. The predicted molar refractivity (Wildman–Crippen MR) is 85.2 cm³/mol. The molecule has 3 N–H and O–H groups in total. The summed E-state index contributed by atoms with van der Waals surface area (Å²) in [6.45, 7) is 5.65. The van der Waals surface area contributed by atoms with Crippen LogP contribution in [0.2, 0.25) is 0 Å². The first kappa shape index (κ1) is 18.6. The van der Waals surface area contributed by atoms with Gasteiger partial charge >= 0.3 is 5.97 Å². The minimum Gasteiger partial charge on any atom is -0.465 e. The zero-order valence-electron chi connectivity index (χ0n) is 13.5. The van der Waals surface area contributed by atoms with Crippen LogP contribution < -0.4 is 10.5 Å². The Morgan fingerprint density at radius 2 is 1.91 bits per heavy atom. The summed E-state index contributed by atoms with van der Waals surface area (Å²) in [5.41, 5.74) is 5.81. The van der Waals surface area contributed by atoms with E-state index in [1.165, 1.54) is 19.2 Å². The first-order valence-electron chi connectivity index (χ1n) is 7.18. The van der Waals surface area contributed by atoms with Crippen LogP contribution in [0.25, 0.3) is 0 Å². The van der Waals surface area contributed by atoms with Gasteiger partial charge in [0.25, 0.3) is 0 Å². The maximum Gasteiger partial charge on any atom is 0.337 e. The summed E-state index contributed by atoms with van der Waals surface area (Å²) in [5, 5.41) is 0. The summed E-state index contributed by atoms with van der Waals surface area (Å²) >= 11 is 0. The number of nitrogens with two attached hydrogens (primary N) is 1. The van der Waals surface area contributed by atoms with E-state index in [-0.39, 0.29) is 17.0 Å². The molecule has 0 aliphatic rings. The number of nitrogens with one attached hydrogen (secondary N) is 1. The third-order valence-corrected chi connectivity index (χ3v) is 5.71. The standard InChI is InChI=1S/C15H24N2O4S/c1-5-15(6-2,10-16)17-22(19,20)13-9-12(14(18)21-4)8-7-11(13)3/h7-9,17H,5-6,10,16H2,1-4H3. The van der Waals surface area contributed by atoms with Crippen molar-refractivity contribution < 1.29 is 17.9 Å². The van der Waals surface area contributed by atoms with Gasteiger partial charge in [-0.25, -0.2) is 17.9 Å². The fourth-order valence-corrected chi connectivity index (χ4v) is 4.03. The summed E-state index contributed by atoms with van der Waals surface area (Å²) in [6.07, 6.45) is 1.16. The van der Waals surface area contributed by atoms with Crippen molar-refractivity contribution in [3.05, 3.63) is 29.3 Å². The van der Waals surface area contributed by atoms with Gasteiger partial charge in [0.1, 0.15) is 0 Å². The lowest BCUT2D eigenvalue weighted by molar-refractivity contribution is 0.0600. The van der Waals surface area contributed by atoms with E-state index in [0.29, 0.717) is 18.4 Å². The Balaban J connectivity index is 3.31. The number of sulfonamides is 1. The largest absolute Gasteiger partial charge is 0.465 e. The fourth-order valence-electron chi connectivity index (χ4n) is 2.20. The average molecular weight is 328 g/mol. The van der Waals surface area contributed by atoms with Crippen molar-refractivity contribution in [1.82, 2.24) is 4.72 Å². The molecule has 0 aromatic heterocycles. The maximum atomic E-state index is 12.7. The molecule has 0 saturated carbocycles. The topological polar surface area (TPSA) is 98.5 Å². The molecule has 1 rings (SSSR count). The number of aryl methyl sites for hydroxylation is 1. The van der Waals surface area contributed by atoms with Crippen molar-refractivity contribution in [2.75, 3.05) is 13.7 Å². The van der Waals surface area contributed by atoms with Crippen LogP contribution in [-0.2, 0) is 14.8 Å². The first-order chi connectivity index (χ1) is 10.2. The van der Waals surface area contributed by atoms with E-state index >= 15 is 0 Å². The van der Waals surface area contributed by atoms with Gasteiger partial charge in [-0.1, -0.05) is 19.9 Å². The summed E-state index contributed by atoms with van der Waals surface area (Å²) in [5.74, 6) is -0.576. The lowest BCUT2D eigenvalue weighted by atomic mass is 9.95. The number of esters is 1. The molecule has 124 valence electrons. The monoisotopic (exact) mass is 328 g/mol. The molecule has 0 saturated heterocycles. The predicted octanol–water partition coefficient (Wildman–Crippen LogP) is 1.58. The van der Waals surface area contributed by atoms with Crippen LogP contribution >= 0.6 is 0 Å². The highest BCUT2D eigenvalue weighted by molar-refractivity contribution is 7.89. The highest BCUT2D eigenvalue weighted by atomic mass is 32.2. The SMILES string of the molecule is CCC(CC)(CN)NS(=O)(=O)c1cc(C(=O)OC)ccc1C. The van der Waals surface area contributed by atoms with Crippen molar-refractivity contribution in [3.8, 4) is 0 Å². The van der Waals surface area contributed by atoms with Crippen molar-refractivity contribution >= 4 is 16.0 Å². The third-order valence-electron chi connectivity index (χ3n) is 3.99. The Bertz CT molecular complexity index is 629. The Labute approximate surface area is 132 Å². The van der Waals surface area contributed by atoms with Gasteiger partial charge in [0.15, 0.2) is 0 Å². The molecular formula is C15H24N2O4S. The molecule has 0 amide bonds. The molecule has 0 fully saturated rings. The van der Waals surface area contributed by atoms with Gasteiger partial charge in [-0.05, 0) is 37.5 Å². The Kier molecular flexibility index (Phi) is 6.10. The van der Waals surface area contributed by atoms with Crippen LogP contribution in [0.15, 0.2) is 23.1 Å². The van der Waals surface area contributed by atoms with Gasteiger partial charge in [-0.15, -0.1) is 0 Å². The highest BCUT2D eigenvalue weighted by Gasteiger charge is 2.31. The molecule has 0 spiro atoms. The van der Waals surface area contributed by atoms with Crippen LogP contribution in [0.4, 0.5) is 0 Å². The molecule has 0 unspecified atom stereocenters. The minimum absolute atomic E-state index is 0.0649. The molecule has 0 aliphatic heterocycles. The molecule has 6 nitrogen and oxygen atoms in total. The second-order valence-corrected chi connectivity index (χ2v) is 6.92. The van der Waals surface area contributed by atoms with Gasteiger partial charge in [-0.3, -0.25) is 0 Å². The summed E-state index contributed by atoms with van der Waals surface area (Å²) in [6, 6.07) is 4.45. The van der Waals surface area contributed by atoms with E-state index in [4.69, 9.17) is 5.73 Å². The lowest BCUT2D eigenvalue weighted by Crippen LogP contribution is -2.52. The van der Waals surface area contributed by atoms with Crippen molar-refractivity contribution in [3.63, 3.8) is 0 Å². The molecular weight excluding hydrogens is 304 g/mol. The highest BCUT2D eigenvalue weighted by Crippen LogP contribution is 2.22. The Morgan fingerprint density at radius 3 is 2.36 bits per heavy atom. The van der Waals surface area contributed by atoms with Crippen molar-refractivity contribution in [2.45, 2.75) is 44.0 Å². The smallest absolute Gasteiger partial charge is 0.337 e. The summed E-state index contributed by atoms with van der Waals surface area (Å²) in [7, 11) is -2.53. The van der Waals surface area contributed by atoms with Gasteiger partial charge in [0.05, 0.1) is 17.6 Å². The second-order valence-electron chi connectivity index (χ2n) is 5.27. The maximum absolute atomic E-state index is 12.7. The van der Waals surface area contributed by atoms with Crippen LogP contribution in [-0.4, -0.2) is 33.6 Å². The van der Waals surface area contributed by atoms with Crippen LogP contribution in [0.1, 0.15) is 42.6 Å². The summed E-state index contributed by atoms with van der Waals surface area (Å²) in [4.78, 5) is 11.7. The third kappa shape index (κ3) is 3.85. The number of ether oxygens (including phenoxy) is 1. The van der Waals surface area contributed by atoms with E-state index in [1.807, 2.05) is 13.8 Å². The van der Waals surface area contributed by atoms with E-state index in [9.17, 15) is 13.2 Å². The molecule has 1 aromatic rings. The van der Waals surface area contributed by atoms with Crippen molar-refractivity contribution in [2.24, 2.45) is 5.73 Å². The first-order valence-corrected chi connectivity index (χ1v) is 8.66. The molecule has 0 bridgehead atoms. The number of hydrogen-bond acceptors (Lipinski definition) is 5. The molecule has 7 heteroatoms. The van der Waals surface area contributed by atoms with E-state index in [1.54, 1.807) is 13.0 Å². The molecule has 0 radical (unpaired) electrons. The fraction of sp³-hybridized carbons (Fsp3) is 0.533. The Morgan fingerprint density at radius 1 is 1.32 bits per heavy atom. The van der Waals surface area contributed by atoms with Gasteiger partial charge < -0.3 is 10.5 Å². The van der Waals surface area contributed by atoms with Crippen LogP contribution in [0, 0.1) is 6.92 Å².